The summed E-state index contributed by atoms with van der Waals surface area (Å²) in [6, 6.07) is 8.36. The van der Waals surface area contributed by atoms with Crippen LogP contribution in [0.5, 0.6) is 0 Å². The summed E-state index contributed by atoms with van der Waals surface area (Å²) in [6.07, 6.45) is 3.78. The fourth-order valence-corrected chi connectivity index (χ4v) is 3.98. The molecule has 2 rings (SSSR count). The van der Waals surface area contributed by atoms with Crippen molar-refractivity contribution in [3.8, 4) is 0 Å². The van der Waals surface area contributed by atoms with Crippen LogP contribution in [0.3, 0.4) is 0 Å². The molecule has 212 valence electrons. The number of carbonyl (C=O) groups is 2. The van der Waals surface area contributed by atoms with Crippen molar-refractivity contribution in [1.82, 2.24) is 10.2 Å². The zero-order chi connectivity index (χ0) is 28.8. The van der Waals surface area contributed by atoms with E-state index in [-0.39, 0.29) is 12.0 Å². The molecule has 0 bridgehead atoms. The van der Waals surface area contributed by atoms with Crippen molar-refractivity contribution < 1.29 is 14.7 Å². The number of thioether (sulfide) groups is 1. The summed E-state index contributed by atoms with van der Waals surface area (Å²) in [5.41, 5.74) is 5.04. The van der Waals surface area contributed by atoms with E-state index in [2.05, 4.69) is 83.5 Å². The quantitative estimate of drug-likeness (QED) is 0.317. The van der Waals surface area contributed by atoms with E-state index in [1.165, 1.54) is 21.6 Å². The minimum absolute atomic E-state index is 0.184. The van der Waals surface area contributed by atoms with Crippen LogP contribution in [0.25, 0.3) is 4.91 Å². The van der Waals surface area contributed by atoms with E-state index in [9.17, 15) is 9.59 Å². The van der Waals surface area contributed by atoms with E-state index in [4.69, 9.17) is 5.11 Å². The van der Waals surface area contributed by atoms with Crippen LogP contribution in [0.4, 0.5) is 0 Å². The normalized spacial score (nSPS) is 14.3. The zero-order valence-electron chi connectivity index (χ0n) is 25.2. The lowest BCUT2D eigenvalue weighted by atomic mass is 10.1. The maximum Gasteiger partial charge on any atom is 0.222 e. The number of amides is 2. The van der Waals surface area contributed by atoms with Crippen molar-refractivity contribution in [2.45, 2.75) is 108 Å². The third-order valence-corrected chi connectivity index (χ3v) is 6.38. The Morgan fingerprint density at radius 2 is 1.70 bits per heavy atom. The van der Waals surface area contributed by atoms with Gasteiger partial charge >= 0.3 is 0 Å². The molecular formula is C31H54N2O3S. The van der Waals surface area contributed by atoms with Crippen LogP contribution in [-0.2, 0) is 16.1 Å². The average Bonchev–Trinajstić information content (AvgIpc) is 3.31. The molecule has 0 spiro atoms. The van der Waals surface area contributed by atoms with Gasteiger partial charge in [-0.15, -0.1) is 0 Å². The van der Waals surface area contributed by atoms with E-state index in [0.717, 1.165) is 43.7 Å². The van der Waals surface area contributed by atoms with Gasteiger partial charge in [-0.2, -0.15) is 0 Å². The third kappa shape index (κ3) is 18.8. The Bertz CT molecular complexity index is 794. The summed E-state index contributed by atoms with van der Waals surface area (Å²) < 4.78 is 0. The molecule has 0 radical (unpaired) electrons. The number of likely N-dealkylation sites (tertiary alicyclic amines) is 1. The van der Waals surface area contributed by atoms with Crippen molar-refractivity contribution in [2.75, 3.05) is 13.1 Å². The van der Waals surface area contributed by atoms with Crippen LogP contribution in [0.2, 0.25) is 0 Å². The van der Waals surface area contributed by atoms with Gasteiger partial charge in [0.15, 0.2) is 0 Å². The fraction of sp³-hybridized carbons (Fsp3) is 0.613. The van der Waals surface area contributed by atoms with Crippen molar-refractivity contribution in [3.63, 3.8) is 0 Å². The molecule has 37 heavy (non-hydrogen) atoms. The largest absolute Gasteiger partial charge is 0.391 e. The highest BCUT2D eigenvalue weighted by Gasteiger charge is 2.23. The molecule has 0 aromatic heterocycles. The lowest BCUT2D eigenvalue weighted by Crippen LogP contribution is -2.29. The number of aliphatic hydroxyl groups excluding tert-OH is 1. The number of hydrogen-bond donors (Lipinski definition) is 2. The molecule has 2 amide bonds. The average molecular weight is 535 g/mol. The highest BCUT2D eigenvalue weighted by Crippen LogP contribution is 2.32. The molecule has 1 fully saturated rings. The smallest absolute Gasteiger partial charge is 0.222 e. The van der Waals surface area contributed by atoms with Crippen LogP contribution in [0.15, 0.2) is 40.8 Å². The van der Waals surface area contributed by atoms with Crippen LogP contribution >= 0.6 is 11.8 Å². The van der Waals surface area contributed by atoms with Gasteiger partial charge in [-0.25, -0.2) is 0 Å². The summed E-state index contributed by atoms with van der Waals surface area (Å²) in [7, 11) is 0. The minimum Gasteiger partial charge on any atom is -0.391 e. The van der Waals surface area contributed by atoms with Gasteiger partial charge in [-0.1, -0.05) is 95.6 Å². The second-order valence-electron chi connectivity index (χ2n) is 9.72. The first kappa shape index (κ1) is 37.1. The van der Waals surface area contributed by atoms with Gasteiger partial charge in [0.1, 0.15) is 0 Å². The van der Waals surface area contributed by atoms with Crippen molar-refractivity contribution in [2.24, 2.45) is 5.92 Å². The van der Waals surface area contributed by atoms with Crippen LogP contribution in [0, 0.1) is 5.92 Å². The summed E-state index contributed by atoms with van der Waals surface area (Å²) in [6.45, 7) is 22.9. The molecule has 6 heteroatoms. The highest BCUT2D eigenvalue weighted by atomic mass is 32.2. The number of β-amino-alcohol motifs (C(OH)–C–C–N with tert-alkyl or cyclic N) is 1. The standard InChI is InChI=1S/C17H23NOS.C8H15NO2.C4H10.C2H6/c1-5-14(4)11-20-17(13(2)3)16-8-6-15(7-9-16)10-18-12-19;1-2-3-8(11)9-5-4-7(10)6-9;1-4(2)3;1-2/h6-9,11-12H,5,10H2,1-4H3,(H,18,19);7,10H,2-6H2,1H3;4H,1-3H3;1-2H3/b14-11+;;;. The maximum absolute atomic E-state index is 11.2. The maximum atomic E-state index is 11.2. The summed E-state index contributed by atoms with van der Waals surface area (Å²) in [5, 5.41) is 14.0. The van der Waals surface area contributed by atoms with E-state index < -0.39 is 0 Å². The number of nitrogens with zero attached hydrogens (tertiary/aromatic N) is 1. The Hall–Kier alpha value is -2.05. The monoisotopic (exact) mass is 534 g/mol. The van der Waals surface area contributed by atoms with Crippen molar-refractivity contribution >= 4 is 29.0 Å². The molecule has 1 aromatic carbocycles. The van der Waals surface area contributed by atoms with Crippen LogP contribution in [-0.4, -0.2) is 41.5 Å². The molecule has 0 saturated carbocycles. The topological polar surface area (TPSA) is 69.6 Å². The van der Waals surface area contributed by atoms with Gasteiger partial charge in [0, 0.05) is 31.0 Å². The first-order valence-electron chi connectivity index (χ1n) is 13.8. The molecule has 5 nitrogen and oxygen atoms in total. The number of nitrogens with one attached hydrogen (secondary N) is 1. The Labute approximate surface area is 232 Å². The Kier molecular flexibility index (Phi) is 23.2. The van der Waals surface area contributed by atoms with E-state index in [1.807, 2.05) is 20.8 Å². The molecule has 1 saturated heterocycles. The van der Waals surface area contributed by atoms with Gasteiger partial charge in [-0.3, -0.25) is 9.59 Å². The first-order chi connectivity index (χ1) is 17.5. The highest BCUT2D eigenvalue weighted by molar-refractivity contribution is 8.11. The number of hydrogen-bond acceptors (Lipinski definition) is 4. The van der Waals surface area contributed by atoms with E-state index in [1.54, 1.807) is 16.7 Å². The van der Waals surface area contributed by atoms with Crippen LogP contribution < -0.4 is 5.32 Å². The van der Waals surface area contributed by atoms with E-state index >= 15 is 0 Å². The summed E-state index contributed by atoms with van der Waals surface area (Å²) in [5.74, 6) is 1.02. The van der Waals surface area contributed by atoms with Gasteiger partial charge < -0.3 is 15.3 Å². The third-order valence-electron chi connectivity index (χ3n) is 4.98. The van der Waals surface area contributed by atoms with Gasteiger partial charge in [-0.05, 0) is 62.5 Å². The fourth-order valence-electron chi connectivity index (χ4n) is 2.99. The molecule has 1 aromatic rings. The van der Waals surface area contributed by atoms with Crippen LogP contribution in [0.1, 0.15) is 106 Å². The minimum atomic E-state index is -0.282. The summed E-state index contributed by atoms with van der Waals surface area (Å²) in [4.78, 5) is 24.5. The number of aliphatic hydroxyl groups is 1. The zero-order valence-corrected chi connectivity index (χ0v) is 26.0. The number of allylic oxidation sites excluding steroid dienone is 2. The van der Waals surface area contributed by atoms with Crippen molar-refractivity contribution in [3.05, 3.63) is 51.9 Å². The molecular weight excluding hydrogens is 480 g/mol. The molecule has 2 N–H and O–H groups in total. The molecule has 1 aliphatic rings. The molecule has 0 aliphatic carbocycles. The number of carbonyl (C=O) groups excluding carboxylic acids is 2. The lowest BCUT2D eigenvalue weighted by Gasteiger charge is -2.14. The van der Waals surface area contributed by atoms with Gasteiger partial charge in [0.25, 0.3) is 0 Å². The predicted octanol–water partition coefficient (Wildman–Crippen LogP) is 7.80. The second-order valence-corrected chi connectivity index (χ2v) is 10.6. The molecule has 1 unspecified atom stereocenters. The molecule has 1 atom stereocenters. The first-order valence-corrected chi connectivity index (χ1v) is 14.6. The van der Waals surface area contributed by atoms with Gasteiger partial charge in [0.05, 0.1) is 6.10 Å². The SMILES string of the molecule is CC.CC(C)C.CC/C(C)=C/SC(=C(C)C)c1ccc(CNC=O)cc1.CCCC(=O)N1CCC(O)C1. The molecule has 1 heterocycles. The second kappa shape index (κ2) is 23.1. The Morgan fingerprint density at radius 1 is 1.14 bits per heavy atom. The number of benzene rings is 1. The van der Waals surface area contributed by atoms with Gasteiger partial charge in [0.2, 0.25) is 12.3 Å². The Balaban J connectivity index is 0. The number of rotatable bonds is 9. The molecule has 1 aliphatic heterocycles. The van der Waals surface area contributed by atoms with Crippen molar-refractivity contribution in [1.29, 1.82) is 0 Å². The summed E-state index contributed by atoms with van der Waals surface area (Å²) >= 11 is 1.78. The van der Waals surface area contributed by atoms with E-state index in [0.29, 0.717) is 19.5 Å². The lowest BCUT2D eigenvalue weighted by molar-refractivity contribution is -0.130. The Morgan fingerprint density at radius 3 is 2.11 bits per heavy atom. The predicted molar refractivity (Wildman–Crippen MR) is 163 cm³/mol.